The smallest absolute Gasteiger partial charge is 0.179 e. The molecule has 0 bridgehead atoms. The molecule has 1 aromatic rings. The molecule has 3 nitrogen and oxygen atoms in total. The van der Waals surface area contributed by atoms with Gasteiger partial charge in [-0.1, -0.05) is 13.8 Å². The highest BCUT2D eigenvalue weighted by molar-refractivity contribution is 5.97. The van der Waals surface area contributed by atoms with Gasteiger partial charge in [0, 0.05) is 26.3 Å². The summed E-state index contributed by atoms with van der Waals surface area (Å²) in [5, 5.41) is 0. The van der Waals surface area contributed by atoms with E-state index in [0.717, 1.165) is 18.7 Å². The van der Waals surface area contributed by atoms with Crippen molar-refractivity contribution in [1.29, 1.82) is 0 Å². The molecule has 5 heteroatoms. The third-order valence-corrected chi connectivity index (χ3v) is 2.83. The summed E-state index contributed by atoms with van der Waals surface area (Å²) in [6.45, 7) is 6.02. The number of carbonyl (C=O) groups is 1. The highest BCUT2D eigenvalue weighted by Crippen LogP contribution is 2.11. The van der Waals surface area contributed by atoms with E-state index in [-0.39, 0.29) is 17.9 Å². The lowest BCUT2D eigenvalue weighted by Gasteiger charge is -2.23. The first-order valence-electron chi connectivity index (χ1n) is 6.63. The van der Waals surface area contributed by atoms with Gasteiger partial charge in [-0.2, -0.15) is 0 Å². The fraction of sp³-hybridized carbons (Fsp3) is 0.533. The van der Waals surface area contributed by atoms with Crippen LogP contribution in [0.25, 0.3) is 0 Å². The number of hydrogen-bond acceptors (Lipinski definition) is 3. The molecule has 0 aliphatic rings. The van der Waals surface area contributed by atoms with Gasteiger partial charge in [0.25, 0.3) is 0 Å². The van der Waals surface area contributed by atoms with Crippen molar-refractivity contribution in [2.45, 2.75) is 13.8 Å². The van der Waals surface area contributed by atoms with Crippen LogP contribution in [0.4, 0.5) is 8.78 Å². The Balaban J connectivity index is 2.73. The summed E-state index contributed by atoms with van der Waals surface area (Å²) < 4.78 is 31.4. The topological polar surface area (TPSA) is 29.5 Å². The Morgan fingerprint density at radius 1 is 1.35 bits per heavy atom. The van der Waals surface area contributed by atoms with Gasteiger partial charge in [0.05, 0.1) is 18.7 Å². The van der Waals surface area contributed by atoms with Gasteiger partial charge >= 0.3 is 0 Å². The maximum Gasteiger partial charge on any atom is 0.179 e. The fourth-order valence-electron chi connectivity index (χ4n) is 1.98. The van der Waals surface area contributed by atoms with E-state index in [1.165, 1.54) is 6.07 Å². The van der Waals surface area contributed by atoms with Crippen LogP contribution in [0.2, 0.25) is 0 Å². The average Bonchev–Trinajstić information content (AvgIpc) is 2.35. The SMILES string of the molecule is COCCN(CC(=O)c1ccc(F)cc1F)CC(C)C. The second-order valence-corrected chi connectivity index (χ2v) is 5.17. The van der Waals surface area contributed by atoms with Gasteiger partial charge in [-0.05, 0) is 18.1 Å². The normalized spacial score (nSPS) is 11.3. The molecule has 1 rings (SSSR count). The van der Waals surface area contributed by atoms with Crippen molar-refractivity contribution in [3.05, 3.63) is 35.4 Å². The molecule has 20 heavy (non-hydrogen) atoms. The number of ketones is 1. The van der Waals surface area contributed by atoms with Crippen LogP contribution in [0.15, 0.2) is 18.2 Å². The van der Waals surface area contributed by atoms with E-state index < -0.39 is 11.6 Å². The first kappa shape index (κ1) is 16.7. The van der Waals surface area contributed by atoms with Gasteiger partial charge in [-0.3, -0.25) is 9.69 Å². The average molecular weight is 285 g/mol. The Kier molecular flexibility index (Phi) is 6.75. The van der Waals surface area contributed by atoms with Crippen LogP contribution in [0.1, 0.15) is 24.2 Å². The van der Waals surface area contributed by atoms with Crippen LogP contribution in [0.3, 0.4) is 0 Å². The maximum atomic E-state index is 13.6. The molecule has 0 amide bonds. The number of benzene rings is 1. The van der Waals surface area contributed by atoms with Crippen molar-refractivity contribution in [2.24, 2.45) is 5.92 Å². The Hall–Kier alpha value is -1.33. The van der Waals surface area contributed by atoms with Crippen LogP contribution >= 0.6 is 0 Å². The van der Waals surface area contributed by atoms with E-state index in [0.29, 0.717) is 19.1 Å². The van der Waals surface area contributed by atoms with E-state index in [4.69, 9.17) is 4.74 Å². The monoisotopic (exact) mass is 285 g/mol. The zero-order chi connectivity index (χ0) is 15.1. The van der Waals surface area contributed by atoms with Gasteiger partial charge in [0.2, 0.25) is 0 Å². The molecule has 0 saturated carbocycles. The Labute approximate surface area is 118 Å². The summed E-state index contributed by atoms with van der Waals surface area (Å²) in [6.07, 6.45) is 0. The Morgan fingerprint density at radius 2 is 2.05 bits per heavy atom. The minimum absolute atomic E-state index is 0.0717. The fourth-order valence-corrected chi connectivity index (χ4v) is 1.98. The van der Waals surface area contributed by atoms with Crippen molar-refractivity contribution in [3.63, 3.8) is 0 Å². The van der Waals surface area contributed by atoms with Crippen LogP contribution in [-0.4, -0.2) is 44.0 Å². The Bertz CT molecular complexity index is 449. The Morgan fingerprint density at radius 3 is 2.60 bits per heavy atom. The summed E-state index contributed by atoms with van der Waals surface area (Å²) >= 11 is 0. The molecule has 0 aromatic heterocycles. The molecular weight excluding hydrogens is 264 g/mol. The number of ether oxygens (including phenoxy) is 1. The zero-order valence-electron chi connectivity index (χ0n) is 12.2. The lowest BCUT2D eigenvalue weighted by atomic mass is 10.1. The molecule has 0 atom stereocenters. The largest absolute Gasteiger partial charge is 0.383 e. The van der Waals surface area contributed by atoms with Crippen LogP contribution < -0.4 is 0 Å². The highest BCUT2D eigenvalue weighted by Gasteiger charge is 2.17. The van der Waals surface area contributed by atoms with Gasteiger partial charge in [0.15, 0.2) is 5.78 Å². The zero-order valence-corrected chi connectivity index (χ0v) is 12.2. The van der Waals surface area contributed by atoms with Crippen molar-refractivity contribution >= 4 is 5.78 Å². The summed E-state index contributed by atoms with van der Waals surface area (Å²) in [6, 6.07) is 3.02. The molecule has 0 heterocycles. The molecule has 0 aliphatic heterocycles. The molecule has 0 aliphatic carbocycles. The van der Waals surface area contributed by atoms with E-state index in [1.807, 2.05) is 18.7 Å². The van der Waals surface area contributed by atoms with E-state index in [2.05, 4.69) is 0 Å². The molecule has 0 unspecified atom stereocenters. The molecule has 0 saturated heterocycles. The van der Waals surface area contributed by atoms with E-state index in [1.54, 1.807) is 7.11 Å². The summed E-state index contributed by atoms with van der Waals surface area (Å²) in [7, 11) is 1.59. The van der Waals surface area contributed by atoms with Gasteiger partial charge < -0.3 is 4.74 Å². The van der Waals surface area contributed by atoms with E-state index >= 15 is 0 Å². The molecule has 112 valence electrons. The van der Waals surface area contributed by atoms with Gasteiger partial charge in [0.1, 0.15) is 11.6 Å². The molecule has 0 radical (unpaired) electrons. The number of Topliss-reactive ketones (excluding diaryl/α,β-unsaturated/α-hetero) is 1. The van der Waals surface area contributed by atoms with Crippen molar-refractivity contribution in [3.8, 4) is 0 Å². The van der Waals surface area contributed by atoms with E-state index in [9.17, 15) is 13.6 Å². The number of nitrogens with zero attached hydrogens (tertiary/aromatic N) is 1. The summed E-state index contributed by atoms with van der Waals surface area (Å²) in [4.78, 5) is 14.0. The molecule has 0 fully saturated rings. The first-order chi connectivity index (χ1) is 9.43. The number of carbonyl (C=O) groups excluding carboxylic acids is 1. The summed E-state index contributed by atoms with van der Waals surface area (Å²) in [5.41, 5.74) is -0.0717. The lowest BCUT2D eigenvalue weighted by Crippen LogP contribution is -2.35. The van der Waals surface area contributed by atoms with Crippen LogP contribution in [-0.2, 0) is 4.74 Å². The van der Waals surface area contributed by atoms with Crippen LogP contribution in [0, 0.1) is 17.6 Å². The first-order valence-corrected chi connectivity index (χ1v) is 6.63. The second kappa shape index (κ2) is 8.07. The number of halogens is 2. The highest BCUT2D eigenvalue weighted by atomic mass is 19.1. The molecule has 1 aromatic carbocycles. The number of hydrogen-bond donors (Lipinski definition) is 0. The second-order valence-electron chi connectivity index (χ2n) is 5.17. The predicted octanol–water partition coefficient (Wildman–Crippen LogP) is 2.75. The molecule has 0 N–H and O–H groups in total. The molecule has 0 spiro atoms. The van der Waals surface area contributed by atoms with Crippen molar-refractivity contribution in [1.82, 2.24) is 4.90 Å². The minimum Gasteiger partial charge on any atom is -0.383 e. The number of rotatable bonds is 8. The van der Waals surface area contributed by atoms with Crippen LogP contribution in [0.5, 0.6) is 0 Å². The number of methoxy groups -OCH3 is 1. The molecular formula is C15H21F2NO2. The van der Waals surface area contributed by atoms with Gasteiger partial charge in [-0.25, -0.2) is 8.78 Å². The lowest BCUT2D eigenvalue weighted by molar-refractivity contribution is 0.0877. The van der Waals surface area contributed by atoms with Crippen molar-refractivity contribution < 1.29 is 18.3 Å². The minimum atomic E-state index is -0.814. The third kappa shape index (κ3) is 5.35. The maximum absolute atomic E-state index is 13.6. The quantitative estimate of drug-likeness (QED) is 0.688. The van der Waals surface area contributed by atoms with Crippen molar-refractivity contribution in [2.75, 3.05) is 33.4 Å². The third-order valence-electron chi connectivity index (χ3n) is 2.83. The van der Waals surface area contributed by atoms with Gasteiger partial charge in [-0.15, -0.1) is 0 Å². The predicted molar refractivity (Wildman–Crippen MR) is 73.8 cm³/mol. The standard InChI is InChI=1S/C15H21F2NO2/c1-11(2)9-18(6-7-20-3)10-15(19)13-5-4-12(16)8-14(13)17/h4-5,8,11H,6-7,9-10H2,1-3H3. The summed E-state index contributed by atoms with van der Waals surface area (Å²) in [5.74, 6) is -1.46.